The third-order valence-electron chi connectivity index (χ3n) is 7.13. The van der Waals surface area contributed by atoms with E-state index < -0.39 is 7.26 Å². The number of carbonyl (C=O) groups is 1. The lowest BCUT2D eigenvalue weighted by atomic mass is 10.2. The predicted molar refractivity (Wildman–Crippen MR) is 198 cm³/mol. The molecule has 0 spiro atoms. The van der Waals surface area contributed by atoms with Crippen molar-refractivity contribution in [2.45, 2.75) is 9.79 Å². The monoisotopic (exact) mass is 660 g/mol. The van der Waals surface area contributed by atoms with Gasteiger partial charge in [-0.3, -0.25) is 10.1 Å². The number of amides is 1. The fourth-order valence-electron chi connectivity index (χ4n) is 5.14. The van der Waals surface area contributed by atoms with E-state index in [9.17, 15) is 4.79 Å². The summed E-state index contributed by atoms with van der Waals surface area (Å²) >= 11 is 3.39. The minimum atomic E-state index is -2.66. The molecule has 0 bridgehead atoms. The van der Waals surface area contributed by atoms with E-state index in [0.29, 0.717) is 5.56 Å². The van der Waals surface area contributed by atoms with Gasteiger partial charge in [0, 0.05) is 15.4 Å². The van der Waals surface area contributed by atoms with Crippen LogP contribution >= 0.6 is 43.2 Å². The zero-order chi connectivity index (χ0) is 30.0. The van der Waals surface area contributed by atoms with Crippen LogP contribution in [0.15, 0.2) is 201 Å². The van der Waals surface area contributed by atoms with E-state index >= 15 is 0 Å². The minimum Gasteiger partial charge on any atom is -0.291 e. The third-order valence-corrected chi connectivity index (χ3v) is 14.0. The molecular formula is C39H32ClNOPS2+. The number of nitrogens with one attached hydrogen (secondary N) is 1. The van der Waals surface area contributed by atoms with Gasteiger partial charge < -0.3 is 0 Å². The molecule has 222 valence electrons. The maximum absolute atomic E-state index is 14.3. The summed E-state index contributed by atoms with van der Waals surface area (Å²) in [5, 5.41) is 7.06. The molecule has 0 radical (unpaired) electrons. The molecule has 1 N–H and O–H groups in total. The highest BCUT2D eigenvalue weighted by Gasteiger charge is 2.52. The highest BCUT2D eigenvalue weighted by atomic mass is 35.5. The van der Waals surface area contributed by atoms with E-state index in [2.05, 4.69) is 145 Å². The number of rotatable bonds is 10. The quantitative estimate of drug-likeness (QED) is 0.117. The van der Waals surface area contributed by atoms with Crippen LogP contribution in [0.3, 0.4) is 0 Å². The van der Waals surface area contributed by atoms with Crippen molar-refractivity contribution < 1.29 is 4.79 Å². The molecule has 0 atom stereocenters. The molecule has 0 aliphatic rings. The second-order valence-corrected chi connectivity index (χ2v) is 15.7. The average molecular weight is 661 g/mol. The van der Waals surface area contributed by atoms with Crippen LogP contribution in [0.25, 0.3) is 0 Å². The molecule has 0 heterocycles. The first-order valence-electron chi connectivity index (χ1n) is 14.4. The van der Waals surface area contributed by atoms with Gasteiger partial charge in [0.1, 0.15) is 20.2 Å². The van der Waals surface area contributed by atoms with Crippen molar-refractivity contribution >= 4 is 65.0 Å². The lowest BCUT2D eigenvalue weighted by Crippen LogP contribution is -2.38. The van der Waals surface area contributed by atoms with Crippen LogP contribution in [0.5, 0.6) is 0 Å². The van der Waals surface area contributed by atoms with Gasteiger partial charge in [0.05, 0.1) is 0 Å². The summed E-state index contributed by atoms with van der Waals surface area (Å²) in [7, 11) is -2.66. The normalized spacial score (nSPS) is 10.8. The Hall–Kier alpha value is -4.05. The molecule has 2 nitrogen and oxygen atoms in total. The van der Waals surface area contributed by atoms with Gasteiger partial charge in [-0.1, -0.05) is 133 Å². The smallest absolute Gasteiger partial charge is 0.258 e. The van der Waals surface area contributed by atoms with Crippen LogP contribution in [-0.2, 0) is 0 Å². The zero-order valence-corrected chi connectivity index (χ0v) is 27.7. The number of thioether (sulfide) groups is 2. The van der Waals surface area contributed by atoms with Crippen LogP contribution in [0.2, 0.25) is 0 Å². The lowest BCUT2D eigenvalue weighted by molar-refractivity contribution is 0.0968. The first-order chi connectivity index (χ1) is 21.7. The van der Waals surface area contributed by atoms with Crippen LogP contribution in [-0.4, -0.2) is 5.91 Å². The Labute approximate surface area is 280 Å². The second kappa shape index (κ2) is 15.8. The number of halogens is 1. The Bertz CT molecular complexity index is 1680. The molecule has 0 fully saturated rings. The zero-order valence-electron chi connectivity index (χ0n) is 24.4. The Morgan fingerprint density at radius 2 is 0.756 bits per heavy atom. The number of benzene rings is 6. The molecule has 0 saturated heterocycles. The van der Waals surface area contributed by atoms with Gasteiger partial charge in [0.25, 0.3) is 5.91 Å². The molecule has 6 heteroatoms. The first-order valence-corrected chi connectivity index (χ1v) is 17.8. The summed E-state index contributed by atoms with van der Waals surface area (Å²) in [6.45, 7) is 0. The van der Waals surface area contributed by atoms with Crippen molar-refractivity contribution in [1.29, 1.82) is 0 Å². The number of carbonyl (C=O) groups excluding carboxylic acids is 1. The summed E-state index contributed by atoms with van der Waals surface area (Å²) in [6.07, 6.45) is 0. The fraction of sp³-hybridized carbons (Fsp3) is 0. The number of hydrogen-bond acceptors (Lipinski definition) is 3. The van der Waals surface area contributed by atoms with Crippen molar-refractivity contribution in [1.82, 2.24) is 5.32 Å². The molecule has 0 unspecified atom stereocenters. The second-order valence-electron chi connectivity index (χ2n) is 9.96. The minimum absolute atomic E-state index is 0. The Balaban J connectivity index is 0.00000400. The molecule has 0 aliphatic heterocycles. The Kier molecular flexibility index (Phi) is 11.4. The van der Waals surface area contributed by atoms with Crippen molar-refractivity contribution in [2.75, 3.05) is 0 Å². The average Bonchev–Trinajstić information content (AvgIpc) is 3.10. The highest BCUT2D eigenvalue weighted by molar-refractivity contribution is 8.23. The maximum Gasteiger partial charge on any atom is 0.258 e. The molecule has 0 aromatic heterocycles. The van der Waals surface area contributed by atoms with E-state index in [1.807, 2.05) is 42.5 Å². The molecular weight excluding hydrogens is 629 g/mol. The summed E-state index contributed by atoms with van der Waals surface area (Å²) < 4.78 is 1.02. The van der Waals surface area contributed by atoms with Gasteiger partial charge in [-0.15, -0.1) is 12.4 Å². The molecule has 6 aromatic carbocycles. The topological polar surface area (TPSA) is 29.1 Å². The summed E-state index contributed by atoms with van der Waals surface area (Å²) in [5.74, 6) is -0.132. The van der Waals surface area contributed by atoms with Crippen LogP contribution in [0.1, 0.15) is 10.4 Å². The Morgan fingerprint density at radius 3 is 1.11 bits per heavy atom. The van der Waals surface area contributed by atoms with Crippen molar-refractivity contribution in [3.63, 3.8) is 0 Å². The predicted octanol–water partition coefficient (Wildman–Crippen LogP) is 9.54. The van der Waals surface area contributed by atoms with E-state index in [-0.39, 0.29) is 18.3 Å². The molecule has 6 aromatic rings. The van der Waals surface area contributed by atoms with Crippen molar-refractivity contribution in [3.8, 4) is 0 Å². The SMILES string of the molecule is Cl.O=C(NC(=C(Sc1ccccc1)Sc1ccccc1)[P+](c1ccccc1)(c1ccccc1)c1ccccc1)c1ccccc1. The van der Waals surface area contributed by atoms with Crippen molar-refractivity contribution in [3.05, 3.63) is 197 Å². The van der Waals surface area contributed by atoms with Crippen molar-refractivity contribution in [2.24, 2.45) is 0 Å². The molecule has 0 saturated carbocycles. The third kappa shape index (κ3) is 7.44. The highest BCUT2D eigenvalue weighted by Crippen LogP contribution is 2.65. The molecule has 0 aliphatic carbocycles. The molecule has 45 heavy (non-hydrogen) atoms. The summed E-state index contributed by atoms with van der Waals surface area (Å²) in [4.78, 5) is 16.5. The largest absolute Gasteiger partial charge is 0.291 e. The van der Waals surface area contributed by atoms with Gasteiger partial charge in [0.2, 0.25) is 0 Å². The van der Waals surface area contributed by atoms with E-state index in [4.69, 9.17) is 0 Å². The van der Waals surface area contributed by atoms with Gasteiger partial charge in [-0.25, -0.2) is 0 Å². The van der Waals surface area contributed by atoms with Gasteiger partial charge >= 0.3 is 0 Å². The van der Waals surface area contributed by atoms with Gasteiger partial charge in [-0.05, 0) is 72.8 Å². The maximum atomic E-state index is 14.3. The van der Waals surface area contributed by atoms with Crippen LogP contribution < -0.4 is 21.2 Å². The molecule has 1 amide bonds. The Morgan fingerprint density at radius 1 is 0.444 bits per heavy atom. The van der Waals surface area contributed by atoms with Gasteiger partial charge in [-0.2, -0.15) is 0 Å². The first kappa shape index (κ1) is 32.3. The van der Waals surface area contributed by atoms with E-state index in [1.165, 1.54) is 15.9 Å². The summed E-state index contributed by atoms with van der Waals surface area (Å²) in [6, 6.07) is 62.3. The summed E-state index contributed by atoms with van der Waals surface area (Å²) in [5.41, 5.74) is 1.53. The molecule has 6 rings (SSSR count). The lowest BCUT2D eigenvalue weighted by Gasteiger charge is -2.31. The van der Waals surface area contributed by atoms with E-state index in [0.717, 1.165) is 19.5 Å². The van der Waals surface area contributed by atoms with Gasteiger partial charge in [0.15, 0.2) is 12.7 Å². The fourth-order valence-corrected chi connectivity index (χ4v) is 12.4. The van der Waals surface area contributed by atoms with Crippen LogP contribution in [0.4, 0.5) is 0 Å². The van der Waals surface area contributed by atoms with Crippen LogP contribution in [0, 0.1) is 0 Å². The van der Waals surface area contributed by atoms with E-state index in [1.54, 1.807) is 23.5 Å². The number of hydrogen-bond donors (Lipinski definition) is 1. The standard InChI is InChI=1S/C39H30NOPS2.ClH/c41-37(31-19-7-1-8-20-31)40-38(39(43-35-27-15-5-16-28-35)44-36-29-17-6-18-30-36)42(32-21-9-2-10-22-32,33-23-11-3-12-24-33)34-25-13-4-14-26-34;/h1-30H;1H/p+1.